The molecule has 110 valence electrons. The van der Waals surface area contributed by atoms with E-state index in [1.807, 2.05) is 6.07 Å². The van der Waals surface area contributed by atoms with Crippen LogP contribution in [-0.4, -0.2) is 22.7 Å². The molecule has 1 fully saturated rings. The third-order valence-electron chi connectivity index (χ3n) is 4.60. The number of para-hydroxylation sites is 1. The molecule has 0 radical (unpaired) electrons. The van der Waals surface area contributed by atoms with Crippen LogP contribution in [0.5, 0.6) is 0 Å². The SMILES string of the molecule is NCC1(CCc2ccccc2[N+](=O)[O-])CCCCC1O. The van der Waals surface area contributed by atoms with Gasteiger partial charge in [-0.15, -0.1) is 0 Å². The lowest BCUT2D eigenvalue weighted by Gasteiger charge is -2.41. The smallest absolute Gasteiger partial charge is 0.272 e. The van der Waals surface area contributed by atoms with E-state index >= 15 is 0 Å². The van der Waals surface area contributed by atoms with Crippen molar-refractivity contribution in [3.05, 3.63) is 39.9 Å². The Morgan fingerprint density at radius 1 is 1.40 bits per heavy atom. The molecular formula is C15H22N2O3. The van der Waals surface area contributed by atoms with Crippen LogP contribution in [0.2, 0.25) is 0 Å². The predicted octanol–water partition coefficient (Wildman–Crippen LogP) is 2.41. The molecule has 0 aliphatic heterocycles. The molecule has 0 bridgehead atoms. The van der Waals surface area contributed by atoms with Gasteiger partial charge in [-0.25, -0.2) is 0 Å². The zero-order valence-corrected chi connectivity index (χ0v) is 11.6. The molecule has 5 heteroatoms. The van der Waals surface area contributed by atoms with E-state index in [-0.39, 0.29) is 22.1 Å². The van der Waals surface area contributed by atoms with E-state index in [0.717, 1.165) is 31.2 Å². The molecule has 5 nitrogen and oxygen atoms in total. The van der Waals surface area contributed by atoms with Crippen molar-refractivity contribution in [3.63, 3.8) is 0 Å². The van der Waals surface area contributed by atoms with Crippen LogP contribution < -0.4 is 5.73 Å². The molecule has 1 aliphatic carbocycles. The van der Waals surface area contributed by atoms with E-state index in [2.05, 4.69) is 0 Å². The lowest BCUT2D eigenvalue weighted by Crippen LogP contribution is -2.44. The van der Waals surface area contributed by atoms with E-state index in [9.17, 15) is 15.2 Å². The lowest BCUT2D eigenvalue weighted by atomic mass is 9.68. The molecule has 0 amide bonds. The second-order valence-electron chi connectivity index (χ2n) is 5.71. The summed E-state index contributed by atoms with van der Waals surface area (Å²) in [4.78, 5) is 10.7. The average molecular weight is 278 g/mol. The third kappa shape index (κ3) is 2.99. The van der Waals surface area contributed by atoms with Gasteiger partial charge in [0.1, 0.15) is 0 Å². The molecule has 0 heterocycles. The van der Waals surface area contributed by atoms with Crippen LogP contribution in [0.15, 0.2) is 24.3 Å². The van der Waals surface area contributed by atoms with Crippen LogP contribution in [-0.2, 0) is 6.42 Å². The van der Waals surface area contributed by atoms with Crippen molar-refractivity contribution in [2.45, 2.75) is 44.6 Å². The first-order chi connectivity index (χ1) is 9.59. The molecule has 2 rings (SSSR count). The van der Waals surface area contributed by atoms with Gasteiger partial charge in [0.2, 0.25) is 0 Å². The summed E-state index contributed by atoms with van der Waals surface area (Å²) in [5, 5.41) is 21.3. The fourth-order valence-corrected chi connectivity index (χ4v) is 3.20. The van der Waals surface area contributed by atoms with Gasteiger partial charge in [0.25, 0.3) is 5.69 Å². The Bertz CT molecular complexity index is 478. The summed E-state index contributed by atoms with van der Waals surface area (Å²) < 4.78 is 0. The minimum atomic E-state index is -0.385. The number of aliphatic hydroxyl groups is 1. The zero-order valence-electron chi connectivity index (χ0n) is 11.6. The van der Waals surface area contributed by atoms with Crippen LogP contribution in [0.25, 0.3) is 0 Å². The molecule has 0 spiro atoms. The molecule has 1 aromatic carbocycles. The van der Waals surface area contributed by atoms with Crippen molar-refractivity contribution in [2.75, 3.05) is 6.54 Å². The number of nitrogens with zero attached hydrogens (tertiary/aromatic N) is 1. The molecule has 3 N–H and O–H groups in total. The summed E-state index contributed by atoms with van der Waals surface area (Å²) in [7, 11) is 0. The van der Waals surface area contributed by atoms with E-state index in [1.54, 1.807) is 12.1 Å². The van der Waals surface area contributed by atoms with Gasteiger partial charge in [-0.05, 0) is 25.7 Å². The quantitative estimate of drug-likeness (QED) is 0.639. The number of benzene rings is 1. The molecule has 1 aliphatic rings. The van der Waals surface area contributed by atoms with Gasteiger partial charge in [-0.3, -0.25) is 10.1 Å². The number of rotatable bonds is 5. The standard InChI is InChI=1S/C15H22N2O3/c16-11-15(9-4-3-7-14(15)18)10-8-12-5-1-2-6-13(12)17(19)20/h1-2,5-6,14,18H,3-4,7-11,16H2. The summed E-state index contributed by atoms with van der Waals surface area (Å²) >= 11 is 0. The van der Waals surface area contributed by atoms with Gasteiger partial charge >= 0.3 is 0 Å². The van der Waals surface area contributed by atoms with Crippen molar-refractivity contribution in [1.29, 1.82) is 0 Å². The maximum atomic E-state index is 11.0. The molecule has 2 unspecified atom stereocenters. The summed E-state index contributed by atoms with van der Waals surface area (Å²) in [5.41, 5.74) is 6.50. The fraction of sp³-hybridized carbons (Fsp3) is 0.600. The van der Waals surface area contributed by atoms with Crippen molar-refractivity contribution in [1.82, 2.24) is 0 Å². The van der Waals surface area contributed by atoms with Gasteiger partial charge < -0.3 is 10.8 Å². The summed E-state index contributed by atoms with van der Waals surface area (Å²) in [5.74, 6) is 0. The van der Waals surface area contributed by atoms with Crippen molar-refractivity contribution in [3.8, 4) is 0 Å². The van der Waals surface area contributed by atoms with E-state index in [4.69, 9.17) is 5.73 Å². The molecule has 20 heavy (non-hydrogen) atoms. The Labute approximate surface area is 118 Å². The molecular weight excluding hydrogens is 256 g/mol. The molecule has 1 saturated carbocycles. The first-order valence-corrected chi connectivity index (χ1v) is 7.19. The number of aliphatic hydroxyl groups excluding tert-OH is 1. The van der Waals surface area contributed by atoms with Gasteiger partial charge in [-0.2, -0.15) is 0 Å². The Morgan fingerprint density at radius 3 is 2.80 bits per heavy atom. The summed E-state index contributed by atoms with van der Waals surface area (Å²) in [6, 6.07) is 6.81. The van der Waals surface area contributed by atoms with E-state index in [0.29, 0.717) is 19.4 Å². The van der Waals surface area contributed by atoms with Crippen LogP contribution >= 0.6 is 0 Å². The lowest BCUT2D eigenvalue weighted by molar-refractivity contribution is -0.385. The number of nitro benzene ring substituents is 1. The number of aryl methyl sites for hydroxylation is 1. The third-order valence-corrected chi connectivity index (χ3v) is 4.60. The first-order valence-electron chi connectivity index (χ1n) is 7.19. The normalized spacial score (nSPS) is 26.4. The molecule has 2 atom stereocenters. The number of hydrogen-bond donors (Lipinski definition) is 2. The van der Waals surface area contributed by atoms with Gasteiger partial charge in [0.05, 0.1) is 11.0 Å². The van der Waals surface area contributed by atoms with Crippen molar-refractivity contribution in [2.24, 2.45) is 11.1 Å². The minimum absolute atomic E-state index is 0.157. The fourth-order valence-electron chi connectivity index (χ4n) is 3.20. The average Bonchev–Trinajstić information content (AvgIpc) is 2.47. The van der Waals surface area contributed by atoms with Gasteiger partial charge in [0.15, 0.2) is 0 Å². The summed E-state index contributed by atoms with van der Waals surface area (Å²) in [6.07, 6.45) is 4.71. The Morgan fingerprint density at radius 2 is 2.15 bits per heavy atom. The van der Waals surface area contributed by atoms with E-state index in [1.165, 1.54) is 6.07 Å². The Kier molecular flexibility index (Phi) is 4.73. The highest BCUT2D eigenvalue weighted by Gasteiger charge is 2.38. The molecule has 1 aromatic rings. The predicted molar refractivity (Wildman–Crippen MR) is 77.4 cm³/mol. The van der Waals surface area contributed by atoms with Gasteiger partial charge in [0, 0.05) is 23.6 Å². The van der Waals surface area contributed by atoms with Crippen molar-refractivity contribution < 1.29 is 10.0 Å². The highest BCUT2D eigenvalue weighted by atomic mass is 16.6. The topological polar surface area (TPSA) is 89.4 Å². The Hall–Kier alpha value is -1.46. The monoisotopic (exact) mass is 278 g/mol. The number of hydrogen-bond acceptors (Lipinski definition) is 4. The highest BCUT2D eigenvalue weighted by Crippen LogP contribution is 2.40. The maximum absolute atomic E-state index is 11.0. The number of nitrogens with two attached hydrogens (primary N) is 1. The Balaban J connectivity index is 2.12. The molecule has 0 saturated heterocycles. The second-order valence-corrected chi connectivity index (χ2v) is 5.71. The highest BCUT2D eigenvalue weighted by molar-refractivity contribution is 5.39. The minimum Gasteiger partial charge on any atom is -0.393 e. The van der Waals surface area contributed by atoms with Crippen molar-refractivity contribution >= 4 is 5.69 Å². The number of nitro groups is 1. The molecule has 0 aromatic heterocycles. The van der Waals surface area contributed by atoms with E-state index < -0.39 is 0 Å². The zero-order chi connectivity index (χ0) is 14.6. The summed E-state index contributed by atoms with van der Waals surface area (Å²) in [6.45, 7) is 0.439. The van der Waals surface area contributed by atoms with Crippen LogP contribution in [0, 0.1) is 15.5 Å². The van der Waals surface area contributed by atoms with Crippen LogP contribution in [0.1, 0.15) is 37.7 Å². The van der Waals surface area contributed by atoms with Gasteiger partial charge in [-0.1, -0.05) is 31.0 Å². The second kappa shape index (κ2) is 6.33. The first kappa shape index (κ1) is 14.9. The van der Waals surface area contributed by atoms with Crippen LogP contribution in [0.3, 0.4) is 0 Å². The van der Waals surface area contributed by atoms with Crippen LogP contribution in [0.4, 0.5) is 5.69 Å². The maximum Gasteiger partial charge on any atom is 0.272 e. The largest absolute Gasteiger partial charge is 0.393 e.